The van der Waals surface area contributed by atoms with E-state index in [0.29, 0.717) is 6.42 Å². The minimum Gasteiger partial charge on any atom is -0.497 e. The Morgan fingerprint density at radius 2 is 1.90 bits per heavy atom. The van der Waals surface area contributed by atoms with Gasteiger partial charge in [-0.05, 0) is 30.2 Å². The Bertz CT molecular complexity index is 583. The van der Waals surface area contributed by atoms with Crippen LogP contribution < -0.4 is 9.64 Å². The number of ether oxygens (including phenoxy) is 1. The van der Waals surface area contributed by atoms with Gasteiger partial charge in [-0.3, -0.25) is 0 Å². The Kier molecular flexibility index (Phi) is 5.23. The van der Waals surface area contributed by atoms with Crippen molar-refractivity contribution in [2.75, 3.05) is 19.1 Å². The fourth-order valence-electron chi connectivity index (χ4n) is 2.47. The predicted molar refractivity (Wildman–Crippen MR) is 86.8 cm³/mol. The lowest BCUT2D eigenvalue weighted by Gasteiger charge is -2.24. The molecule has 1 unspecified atom stereocenters. The number of nitrogens with zero attached hydrogens (tertiary/aromatic N) is 1. The van der Waals surface area contributed by atoms with Gasteiger partial charge in [-0.15, -0.1) is 0 Å². The molecule has 3 nitrogen and oxygen atoms in total. The predicted octanol–water partition coefficient (Wildman–Crippen LogP) is 3.78. The molecule has 0 amide bonds. The zero-order chi connectivity index (χ0) is 15.2. The van der Waals surface area contributed by atoms with Gasteiger partial charge in [0.1, 0.15) is 5.75 Å². The minimum absolute atomic E-state index is 0.422. The van der Waals surface area contributed by atoms with Gasteiger partial charge in [0.05, 0.1) is 13.2 Å². The van der Waals surface area contributed by atoms with E-state index in [1.807, 2.05) is 56.4 Å². The molecule has 0 aliphatic heterocycles. The number of para-hydroxylation sites is 1. The molecule has 0 radical (unpaired) electrons. The molecule has 2 aromatic carbocycles. The van der Waals surface area contributed by atoms with Gasteiger partial charge >= 0.3 is 0 Å². The maximum atomic E-state index is 10.2. The Hall–Kier alpha value is -2.00. The van der Waals surface area contributed by atoms with E-state index in [-0.39, 0.29) is 0 Å². The molecule has 3 heteroatoms. The number of aliphatic hydroxyl groups is 1. The van der Waals surface area contributed by atoms with E-state index in [4.69, 9.17) is 4.74 Å². The smallest absolute Gasteiger partial charge is 0.119 e. The van der Waals surface area contributed by atoms with Crippen LogP contribution in [0, 0.1) is 0 Å². The highest BCUT2D eigenvalue weighted by molar-refractivity contribution is 5.54. The molecule has 2 aromatic rings. The van der Waals surface area contributed by atoms with E-state index in [1.165, 1.54) is 5.56 Å². The van der Waals surface area contributed by atoms with Gasteiger partial charge in [0.15, 0.2) is 0 Å². The Morgan fingerprint density at radius 3 is 2.62 bits per heavy atom. The van der Waals surface area contributed by atoms with E-state index in [2.05, 4.69) is 11.0 Å². The first-order chi connectivity index (χ1) is 10.2. The molecule has 0 aromatic heterocycles. The lowest BCUT2D eigenvalue weighted by molar-refractivity contribution is 0.174. The van der Waals surface area contributed by atoms with Gasteiger partial charge < -0.3 is 14.7 Å². The van der Waals surface area contributed by atoms with Gasteiger partial charge in [0, 0.05) is 24.8 Å². The summed E-state index contributed by atoms with van der Waals surface area (Å²) in [5, 5.41) is 10.2. The summed E-state index contributed by atoms with van der Waals surface area (Å²) in [6.07, 6.45) is 0.290. The van der Waals surface area contributed by atoms with E-state index in [0.717, 1.165) is 23.5 Å². The highest BCUT2D eigenvalue weighted by Gasteiger charge is 2.13. The summed E-state index contributed by atoms with van der Waals surface area (Å²) in [4.78, 5) is 2.16. The second-order valence-corrected chi connectivity index (χ2v) is 5.19. The van der Waals surface area contributed by atoms with Crippen LogP contribution in [0.1, 0.15) is 30.6 Å². The average molecular weight is 285 g/mol. The molecule has 0 aliphatic carbocycles. The van der Waals surface area contributed by atoms with E-state index >= 15 is 0 Å². The van der Waals surface area contributed by atoms with Crippen molar-refractivity contribution in [3.63, 3.8) is 0 Å². The van der Waals surface area contributed by atoms with Crippen molar-refractivity contribution in [2.24, 2.45) is 0 Å². The molecule has 1 atom stereocenters. The Morgan fingerprint density at radius 1 is 1.14 bits per heavy atom. The van der Waals surface area contributed by atoms with Crippen molar-refractivity contribution >= 4 is 5.69 Å². The Labute approximate surface area is 126 Å². The van der Waals surface area contributed by atoms with Crippen LogP contribution >= 0.6 is 0 Å². The van der Waals surface area contributed by atoms with Crippen molar-refractivity contribution in [1.82, 2.24) is 0 Å². The van der Waals surface area contributed by atoms with Crippen molar-refractivity contribution in [2.45, 2.75) is 26.0 Å². The number of anilines is 1. The molecule has 1 N–H and O–H groups in total. The van der Waals surface area contributed by atoms with Crippen LogP contribution in [0.15, 0.2) is 48.5 Å². The van der Waals surface area contributed by atoms with Crippen LogP contribution in [0.3, 0.4) is 0 Å². The zero-order valence-electron chi connectivity index (χ0n) is 12.9. The third-order valence-electron chi connectivity index (χ3n) is 3.65. The summed E-state index contributed by atoms with van der Waals surface area (Å²) in [5.74, 6) is 0.864. The quantitative estimate of drug-likeness (QED) is 0.877. The summed E-state index contributed by atoms with van der Waals surface area (Å²) in [6, 6.07) is 16.1. The normalized spacial score (nSPS) is 12.0. The van der Waals surface area contributed by atoms with Crippen LogP contribution in [0.4, 0.5) is 5.69 Å². The number of hydrogen-bond donors (Lipinski definition) is 1. The van der Waals surface area contributed by atoms with Crippen molar-refractivity contribution in [1.29, 1.82) is 0 Å². The first-order valence-corrected chi connectivity index (χ1v) is 7.26. The zero-order valence-corrected chi connectivity index (χ0v) is 12.9. The van der Waals surface area contributed by atoms with Crippen LogP contribution in [-0.2, 0) is 6.54 Å². The fourth-order valence-corrected chi connectivity index (χ4v) is 2.47. The van der Waals surface area contributed by atoms with Crippen LogP contribution in [-0.4, -0.2) is 19.3 Å². The molecule has 0 heterocycles. The van der Waals surface area contributed by atoms with Gasteiger partial charge in [-0.1, -0.05) is 37.3 Å². The van der Waals surface area contributed by atoms with E-state index in [9.17, 15) is 5.11 Å². The van der Waals surface area contributed by atoms with Gasteiger partial charge in [-0.2, -0.15) is 0 Å². The number of aliphatic hydroxyl groups excluding tert-OH is 1. The molecular formula is C18H23NO2. The van der Waals surface area contributed by atoms with Crippen molar-refractivity contribution in [3.8, 4) is 5.75 Å². The number of methoxy groups -OCH3 is 1. The van der Waals surface area contributed by atoms with Crippen molar-refractivity contribution < 1.29 is 9.84 Å². The molecule has 0 saturated carbocycles. The fraction of sp³-hybridized carbons (Fsp3) is 0.333. The molecule has 0 saturated heterocycles. The number of hydrogen-bond acceptors (Lipinski definition) is 3. The third-order valence-corrected chi connectivity index (χ3v) is 3.65. The topological polar surface area (TPSA) is 32.7 Å². The monoisotopic (exact) mass is 285 g/mol. The van der Waals surface area contributed by atoms with Crippen molar-refractivity contribution in [3.05, 3.63) is 59.7 Å². The first-order valence-electron chi connectivity index (χ1n) is 7.26. The lowest BCUT2D eigenvalue weighted by Crippen LogP contribution is -2.18. The highest BCUT2D eigenvalue weighted by atomic mass is 16.5. The third kappa shape index (κ3) is 3.76. The van der Waals surface area contributed by atoms with E-state index < -0.39 is 6.10 Å². The van der Waals surface area contributed by atoms with Gasteiger partial charge in [-0.25, -0.2) is 0 Å². The second-order valence-electron chi connectivity index (χ2n) is 5.19. The maximum absolute atomic E-state index is 10.2. The molecule has 0 fully saturated rings. The SMILES string of the molecule is CCC(O)c1ccccc1N(C)Cc1cccc(OC)c1. The molecule has 0 aliphatic rings. The van der Waals surface area contributed by atoms with Crippen LogP contribution in [0.25, 0.3) is 0 Å². The molecule has 112 valence electrons. The summed E-state index contributed by atoms with van der Waals surface area (Å²) in [5.41, 5.74) is 3.22. The highest BCUT2D eigenvalue weighted by Crippen LogP contribution is 2.28. The molecular weight excluding hydrogens is 262 g/mol. The van der Waals surface area contributed by atoms with Crippen LogP contribution in [0.5, 0.6) is 5.75 Å². The molecule has 2 rings (SSSR count). The van der Waals surface area contributed by atoms with E-state index in [1.54, 1.807) is 7.11 Å². The number of benzene rings is 2. The molecule has 0 bridgehead atoms. The standard InChI is InChI=1S/C18H23NO2/c1-4-18(20)16-10-5-6-11-17(16)19(2)13-14-8-7-9-15(12-14)21-3/h5-12,18,20H,4,13H2,1-3H3. The molecule has 21 heavy (non-hydrogen) atoms. The van der Waals surface area contributed by atoms with Gasteiger partial charge in [0.2, 0.25) is 0 Å². The van der Waals surface area contributed by atoms with Gasteiger partial charge in [0.25, 0.3) is 0 Å². The Balaban J connectivity index is 2.22. The minimum atomic E-state index is -0.422. The largest absolute Gasteiger partial charge is 0.497 e. The average Bonchev–Trinajstić information content (AvgIpc) is 2.54. The van der Waals surface area contributed by atoms with Crippen LogP contribution in [0.2, 0.25) is 0 Å². The second kappa shape index (κ2) is 7.14. The first kappa shape index (κ1) is 15.4. The number of rotatable bonds is 6. The lowest BCUT2D eigenvalue weighted by atomic mass is 10.0. The molecule has 0 spiro atoms. The summed E-state index contributed by atoms with van der Waals surface area (Å²) < 4.78 is 5.26. The summed E-state index contributed by atoms with van der Waals surface area (Å²) >= 11 is 0. The summed E-state index contributed by atoms with van der Waals surface area (Å²) in [6.45, 7) is 2.76. The summed E-state index contributed by atoms with van der Waals surface area (Å²) in [7, 11) is 3.72. The maximum Gasteiger partial charge on any atom is 0.119 e.